The highest BCUT2D eigenvalue weighted by molar-refractivity contribution is 5.79. The first-order valence-electron chi connectivity index (χ1n) is 14.8. The summed E-state index contributed by atoms with van der Waals surface area (Å²) in [7, 11) is 1.51. The lowest BCUT2D eigenvalue weighted by atomic mass is 9.75. The summed E-state index contributed by atoms with van der Waals surface area (Å²) >= 11 is 0. The van der Waals surface area contributed by atoms with Crippen LogP contribution < -0.4 is 9.47 Å². The third-order valence-electron chi connectivity index (χ3n) is 10.4. The van der Waals surface area contributed by atoms with Crippen LogP contribution in [0.3, 0.4) is 0 Å². The van der Waals surface area contributed by atoms with Crippen LogP contribution in [0.4, 0.5) is 13.2 Å². The van der Waals surface area contributed by atoms with Gasteiger partial charge in [-0.2, -0.15) is 0 Å². The monoisotopic (exact) mass is 578 g/mol. The highest BCUT2D eigenvalue weighted by Crippen LogP contribution is 2.66. The van der Waals surface area contributed by atoms with Gasteiger partial charge in [-0.05, 0) is 102 Å². The van der Waals surface area contributed by atoms with E-state index in [1.54, 1.807) is 18.2 Å². The zero-order valence-corrected chi connectivity index (χ0v) is 24.5. The number of hydrogen-bond donors (Lipinski definition) is 1. The Hall–Kier alpha value is -3.48. The Labute approximate surface area is 244 Å². The van der Waals surface area contributed by atoms with Crippen LogP contribution in [-0.2, 0) is 23.2 Å². The molecule has 0 heterocycles. The van der Waals surface area contributed by atoms with E-state index < -0.39 is 34.8 Å². The van der Waals surface area contributed by atoms with Gasteiger partial charge in [0, 0.05) is 22.1 Å². The van der Waals surface area contributed by atoms with Crippen LogP contribution in [0.1, 0.15) is 81.0 Å². The topological polar surface area (TPSA) is 55.8 Å². The fourth-order valence-electron chi connectivity index (χ4n) is 8.11. The Morgan fingerprint density at radius 3 is 2.45 bits per heavy atom. The smallest absolute Gasteiger partial charge is 0.307 e. The summed E-state index contributed by atoms with van der Waals surface area (Å²) in [6.45, 7) is 6.01. The highest BCUT2D eigenvalue weighted by Gasteiger charge is 2.68. The van der Waals surface area contributed by atoms with Crippen LogP contribution in [-0.4, -0.2) is 18.2 Å². The second kappa shape index (κ2) is 10.4. The number of methoxy groups -OCH3 is 1. The number of hydrogen-bond acceptors (Lipinski definition) is 3. The minimum atomic E-state index is -0.905. The average molecular weight is 579 g/mol. The van der Waals surface area contributed by atoms with Crippen molar-refractivity contribution in [2.24, 2.45) is 17.3 Å². The standard InChI is InChI=1S/C35H37F3O4/c1-19-30(33(39)40)35(19)14-5-7-20-9-12-29(32(38)31(20)35)42-18-21-15-24(26-8-6-13-34(26,2)3)23(17-28(21)37)25-16-22(41-4)10-11-27(25)36/h9-12,15-17,19,26,30H,5-8,13-14,18H2,1-4H3,(H,39,40). The molecule has 3 aromatic carbocycles. The molecule has 222 valence electrons. The molecule has 0 amide bonds. The molecule has 3 aromatic rings. The molecule has 2 fully saturated rings. The molecule has 0 aromatic heterocycles. The van der Waals surface area contributed by atoms with E-state index in [-0.39, 0.29) is 40.7 Å². The normalized spacial score (nSPS) is 25.7. The maximum atomic E-state index is 16.1. The van der Waals surface area contributed by atoms with Gasteiger partial charge in [-0.1, -0.05) is 33.3 Å². The minimum Gasteiger partial charge on any atom is -0.497 e. The highest BCUT2D eigenvalue weighted by atomic mass is 19.1. The van der Waals surface area contributed by atoms with Gasteiger partial charge < -0.3 is 14.6 Å². The van der Waals surface area contributed by atoms with E-state index in [2.05, 4.69) is 13.8 Å². The van der Waals surface area contributed by atoms with Gasteiger partial charge in [0.25, 0.3) is 0 Å². The Morgan fingerprint density at radius 1 is 1.00 bits per heavy atom. The van der Waals surface area contributed by atoms with Crippen molar-refractivity contribution in [3.8, 4) is 22.6 Å². The lowest BCUT2D eigenvalue weighted by molar-refractivity contribution is -0.139. The maximum Gasteiger partial charge on any atom is 0.307 e. The molecule has 4 nitrogen and oxygen atoms in total. The van der Waals surface area contributed by atoms with Crippen molar-refractivity contribution in [2.75, 3.05) is 7.11 Å². The molecule has 0 bridgehead atoms. The van der Waals surface area contributed by atoms with E-state index >= 15 is 13.2 Å². The van der Waals surface area contributed by atoms with Crippen molar-refractivity contribution in [3.63, 3.8) is 0 Å². The SMILES string of the molecule is COc1ccc(F)c(-c2cc(F)c(COc3ccc4c(c3F)C3(CCC4)C(C)C3C(=O)O)cc2C2CCCC2(C)C)c1. The average Bonchev–Trinajstić information content (AvgIpc) is 3.35. The molecule has 0 aliphatic heterocycles. The summed E-state index contributed by atoms with van der Waals surface area (Å²) in [6, 6.07) is 10.9. The first kappa shape index (κ1) is 28.6. The molecule has 2 saturated carbocycles. The van der Waals surface area contributed by atoms with Gasteiger partial charge in [0.05, 0.1) is 13.0 Å². The molecule has 42 heavy (non-hydrogen) atoms. The lowest BCUT2D eigenvalue weighted by Crippen LogP contribution is -2.24. The fourth-order valence-corrected chi connectivity index (χ4v) is 8.11. The molecular formula is C35H37F3O4. The third kappa shape index (κ3) is 4.47. The number of fused-ring (bicyclic) bond motifs is 2. The molecule has 3 aliphatic carbocycles. The zero-order chi connectivity index (χ0) is 30.0. The number of benzene rings is 3. The largest absolute Gasteiger partial charge is 0.497 e. The summed E-state index contributed by atoms with van der Waals surface area (Å²) in [5, 5.41) is 9.79. The van der Waals surface area contributed by atoms with E-state index in [4.69, 9.17) is 9.47 Å². The number of carboxylic acids is 1. The Kier molecular flexibility index (Phi) is 7.06. The number of carbonyl (C=O) groups is 1. The summed E-state index contributed by atoms with van der Waals surface area (Å²) in [6.07, 6.45) is 5.02. The van der Waals surface area contributed by atoms with Crippen LogP contribution >= 0.6 is 0 Å². The number of aliphatic carboxylic acids is 1. The predicted molar refractivity (Wildman–Crippen MR) is 154 cm³/mol. The van der Waals surface area contributed by atoms with Gasteiger partial charge in [0.2, 0.25) is 0 Å². The lowest BCUT2D eigenvalue weighted by Gasteiger charge is -2.30. The van der Waals surface area contributed by atoms with Gasteiger partial charge in [0.15, 0.2) is 11.6 Å². The maximum absolute atomic E-state index is 16.1. The second-order valence-electron chi connectivity index (χ2n) is 13.0. The molecule has 6 rings (SSSR count). The van der Waals surface area contributed by atoms with E-state index in [1.807, 2.05) is 13.0 Å². The number of halogens is 3. The Bertz CT molecular complexity index is 1560. The van der Waals surface area contributed by atoms with Gasteiger partial charge in [-0.25, -0.2) is 13.2 Å². The zero-order valence-electron chi connectivity index (χ0n) is 24.5. The van der Waals surface area contributed by atoms with Crippen molar-refractivity contribution >= 4 is 5.97 Å². The van der Waals surface area contributed by atoms with Crippen molar-refractivity contribution in [3.05, 3.63) is 82.2 Å². The van der Waals surface area contributed by atoms with Crippen LogP contribution in [0.5, 0.6) is 11.5 Å². The van der Waals surface area contributed by atoms with E-state index in [9.17, 15) is 9.90 Å². The first-order chi connectivity index (χ1) is 20.0. The van der Waals surface area contributed by atoms with Crippen LogP contribution in [0, 0.1) is 34.7 Å². The molecule has 1 spiro atoms. The molecule has 4 unspecified atom stereocenters. The number of rotatable bonds is 7. The van der Waals surface area contributed by atoms with Gasteiger partial charge >= 0.3 is 5.97 Å². The van der Waals surface area contributed by atoms with Crippen molar-refractivity contribution < 1.29 is 32.5 Å². The molecule has 0 saturated heterocycles. The molecular weight excluding hydrogens is 541 g/mol. The summed E-state index contributed by atoms with van der Waals surface area (Å²) < 4.78 is 58.2. The van der Waals surface area contributed by atoms with Crippen LogP contribution in [0.25, 0.3) is 11.1 Å². The van der Waals surface area contributed by atoms with E-state index in [0.717, 1.165) is 36.8 Å². The van der Waals surface area contributed by atoms with Crippen molar-refractivity contribution in [1.29, 1.82) is 0 Å². The van der Waals surface area contributed by atoms with E-state index in [1.165, 1.54) is 25.3 Å². The predicted octanol–water partition coefficient (Wildman–Crippen LogP) is 8.58. The van der Waals surface area contributed by atoms with Crippen molar-refractivity contribution in [1.82, 2.24) is 0 Å². The number of aryl methyl sites for hydroxylation is 1. The fraction of sp³-hybridized carbons (Fsp3) is 0.457. The van der Waals surface area contributed by atoms with E-state index in [0.29, 0.717) is 29.7 Å². The van der Waals surface area contributed by atoms with Crippen LogP contribution in [0.2, 0.25) is 0 Å². The van der Waals surface area contributed by atoms with Gasteiger partial charge in [0.1, 0.15) is 24.0 Å². The third-order valence-corrected chi connectivity index (χ3v) is 10.4. The molecule has 3 aliphatic rings. The number of ether oxygens (including phenoxy) is 2. The summed E-state index contributed by atoms with van der Waals surface area (Å²) in [5.41, 5.74) is 2.33. The van der Waals surface area contributed by atoms with Crippen LogP contribution in [0.15, 0.2) is 42.5 Å². The van der Waals surface area contributed by atoms with Gasteiger partial charge in [-0.15, -0.1) is 0 Å². The number of carboxylic acid groups (broad SMARTS) is 1. The first-order valence-corrected chi connectivity index (χ1v) is 14.8. The second-order valence-corrected chi connectivity index (χ2v) is 13.0. The quantitative estimate of drug-likeness (QED) is 0.305. The molecule has 4 atom stereocenters. The summed E-state index contributed by atoms with van der Waals surface area (Å²) in [4.78, 5) is 11.9. The van der Waals surface area contributed by atoms with Gasteiger partial charge in [-0.3, -0.25) is 4.79 Å². The van der Waals surface area contributed by atoms with Crippen molar-refractivity contribution in [2.45, 2.75) is 77.2 Å². The Morgan fingerprint density at radius 2 is 1.79 bits per heavy atom. The minimum absolute atomic E-state index is 0.0108. The molecule has 1 N–H and O–H groups in total. The summed E-state index contributed by atoms with van der Waals surface area (Å²) in [5.74, 6) is -2.73. The molecule has 7 heteroatoms. The Balaban J connectivity index is 1.37. The molecule has 0 radical (unpaired) electrons.